The van der Waals surface area contributed by atoms with Crippen LogP contribution in [0.15, 0.2) is 11.6 Å². The summed E-state index contributed by atoms with van der Waals surface area (Å²) in [5, 5.41) is 2.69. The molecule has 0 bridgehead atoms. The van der Waals surface area contributed by atoms with E-state index in [0.29, 0.717) is 6.42 Å². The summed E-state index contributed by atoms with van der Waals surface area (Å²) in [6.07, 6.45) is 8.53. The Morgan fingerprint density at radius 3 is 2.84 bits per heavy atom. The molecule has 2 rings (SSSR count). The average Bonchev–Trinajstić information content (AvgIpc) is 2.98. The number of hydrogen-bond donors (Lipinski definition) is 0. The second-order valence-electron chi connectivity index (χ2n) is 5.13. The number of piperidine rings is 1. The second kappa shape index (κ2) is 7.60. The van der Waals surface area contributed by atoms with E-state index < -0.39 is 0 Å². The third-order valence-corrected chi connectivity index (χ3v) is 4.49. The van der Waals surface area contributed by atoms with E-state index in [0.717, 1.165) is 24.5 Å². The molecule has 106 valence electrons. The van der Waals surface area contributed by atoms with E-state index in [1.54, 1.807) is 11.1 Å². The third-order valence-electron chi connectivity index (χ3n) is 3.64. The van der Waals surface area contributed by atoms with Gasteiger partial charge in [0.05, 0.1) is 0 Å². The van der Waals surface area contributed by atoms with Gasteiger partial charge in [-0.3, -0.25) is 9.69 Å². The smallest absolute Gasteiger partial charge is 0.228 e. The molecule has 0 atom stereocenters. The highest BCUT2D eigenvalue weighted by Crippen LogP contribution is 2.17. The minimum Gasteiger partial charge on any atom is -0.303 e. The van der Waals surface area contributed by atoms with Crippen molar-refractivity contribution in [2.24, 2.45) is 0 Å². The number of thiazole rings is 1. The van der Waals surface area contributed by atoms with Crippen molar-refractivity contribution in [3.05, 3.63) is 11.6 Å². The van der Waals surface area contributed by atoms with Crippen LogP contribution >= 0.6 is 11.3 Å². The Morgan fingerprint density at radius 2 is 2.16 bits per heavy atom. The summed E-state index contributed by atoms with van der Waals surface area (Å²) in [6.45, 7) is 3.63. The van der Waals surface area contributed by atoms with Gasteiger partial charge in [-0.1, -0.05) is 6.42 Å². The van der Waals surface area contributed by atoms with Crippen molar-refractivity contribution >= 4 is 22.4 Å². The molecule has 0 saturated carbocycles. The molecular formula is C14H23N3OS. The maximum absolute atomic E-state index is 12.0. The van der Waals surface area contributed by atoms with Gasteiger partial charge in [-0.2, -0.15) is 0 Å². The molecule has 0 radical (unpaired) electrons. The Hall–Kier alpha value is -0.940. The molecule has 1 aliphatic heterocycles. The van der Waals surface area contributed by atoms with E-state index in [1.807, 2.05) is 12.4 Å². The van der Waals surface area contributed by atoms with E-state index in [9.17, 15) is 4.79 Å². The molecule has 0 spiro atoms. The number of nitrogens with zero attached hydrogens (tertiary/aromatic N) is 3. The average molecular weight is 281 g/mol. The van der Waals surface area contributed by atoms with Crippen molar-refractivity contribution < 1.29 is 4.79 Å². The van der Waals surface area contributed by atoms with E-state index in [4.69, 9.17) is 0 Å². The third kappa shape index (κ3) is 4.58. The summed E-state index contributed by atoms with van der Waals surface area (Å²) in [7, 11) is 1.81. The van der Waals surface area contributed by atoms with Crippen molar-refractivity contribution in [2.75, 3.05) is 31.6 Å². The lowest BCUT2D eigenvalue weighted by atomic mass is 10.1. The van der Waals surface area contributed by atoms with Crippen LogP contribution in [0, 0.1) is 0 Å². The standard InChI is InChI=1S/C14H23N3OS/c1-16(14-15-8-12-19-14)13(18)7-3-6-11-17-9-4-2-5-10-17/h8,12H,2-7,9-11H2,1H3. The zero-order valence-electron chi connectivity index (χ0n) is 11.7. The van der Waals surface area contributed by atoms with Crippen LogP contribution in [-0.4, -0.2) is 42.5 Å². The van der Waals surface area contributed by atoms with Gasteiger partial charge in [0.15, 0.2) is 5.13 Å². The molecule has 1 fully saturated rings. The molecule has 1 saturated heterocycles. The Morgan fingerprint density at radius 1 is 1.37 bits per heavy atom. The number of rotatable bonds is 6. The lowest BCUT2D eigenvalue weighted by Gasteiger charge is -2.26. The highest BCUT2D eigenvalue weighted by molar-refractivity contribution is 7.13. The van der Waals surface area contributed by atoms with Gasteiger partial charge >= 0.3 is 0 Å². The zero-order valence-corrected chi connectivity index (χ0v) is 12.5. The van der Waals surface area contributed by atoms with Crippen molar-refractivity contribution in [2.45, 2.75) is 38.5 Å². The summed E-state index contributed by atoms with van der Waals surface area (Å²) < 4.78 is 0. The van der Waals surface area contributed by atoms with Gasteiger partial charge in [0, 0.05) is 25.0 Å². The molecule has 2 heterocycles. The van der Waals surface area contributed by atoms with Crippen molar-refractivity contribution in [1.82, 2.24) is 9.88 Å². The molecule has 1 amide bonds. The normalized spacial score (nSPS) is 16.5. The molecular weight excluding hydrogens is 258 g/mol. The molecule has 4 nitrogen and oxygen atoms in total. The van der Waals surface area contributed by atoms with Crippen LogP contribution in [0.4, 0.5) is 5.13 Å². The number of carbonyl (C=O) groups excluding carboxylic acids is 1. The first-order valence-corrected chi connectivity index (χ1v) is 8.04. The Labute approximate surface area is 119 Å². The second-order valence-corrected chi connectivity index (χ2v) is 6.00. The van der Waals surface area contributed by atoms with Crippen molar-refractivity contribution in [3.63, 3.8) is 0 Å². The number of likely N-dealkylation sites (tertiary alicyclic amines) is 1. The molecule has 19 heavy (non-hydrogen) atoms. The lowest BCUT2D eigenvalue weighted by molar-refractivity contribution is -0.118. The number of hydrogen-bond acceptors (Lipinski definition) is 4. The van der Waals surface area contributed by atoms with Crippen LogP contribution in [0.5, 0.6) is 0 Å². The minimum absolute atomic E-state index is 0.175. The van der Waals surface area contributed by atoms with Gasteiger partial charge in [-0.25, -0.2) is 4.98 Å². The number of anilines is 1. The number of carbonyl (C=O) groups is 1. The number of aromatic nitrogens is 1. The maximum atomic E-state index is 12.0. The fourth-order valence-electron chi connectivity index (χ4n) is 2.45. The summed E-state index contributed by atoms with van der Waals surface area (Å²) in [5.74, 6) is 0.175. The van der Waals surface area contributed by atoms with Gasteiger partial charge in [-0.15, -0.1) is 11.3 Å². The summed E-state index contributed by atoms with van der Waals surface area (Å²) >= 11 is 1.51. The Bertz CT molecular complexity index is 374. The van der Waals surface area contributed by atoms with Crippen LogP contribution in [0.3, 0.4) is 0 Å². The number of amides is 1. The molecule has 1 aromatic heterocycles. The molecule has 5 heteroatoms. The fourth-order valence-corrected chi connectivity index (χ4v) is 3.08. The molecule has 1 aromatic rings. The zero-order chi connectivity index (χ0) is 13.5. The van der Waals surface area contributed by atoms with Crippen LogP contribution in [0.1, 0.15) is 38.5 Å². The van der Waals surface area contributed by atoms with E-state index in [2.05, 4.69) is 9.88 Å². The molecule has 1 aliphatic rings. The van der Waals surface area contributed by atoms with E-state index in [-0.39, 0.29) is 5.91 Å². The molecule has 0 aliphatic carbocycles. The topological polar surface area (TPSA) is 36.4 Å². The summed E-state index contributed by atoms with van der Waals surface area (Å²) in [6, 6.07) is 0. The largest absolute Gasteiger partial charge is 0.303 e. The summed E-state index contributed by atoms with van der Waals surface area (Å²) in [5.41, 5.74) is 0. The first kappa shape index (κ1) is 14.5. The highest BCUT2D eigenvalue weighted by atomic mass is 32.1. The first-order chi connectivity index (χ1) is 9.27. The Balaban J connectivity index is 1.61. The van der Waals surface area contributed by atoms with Gasteiger partial charge in [0.1, 0.15) is 0 Å². The quantitative estimate of drug-likeness (QED) is 0.752. The predicted molar refractivity (Wildman–Crippen MR) is 79.7 cm³/mol. The predicted octanol–water partition coefficient (Wildman–Crippen LogP) is 2.76. The van der Waals surface area contributed by atoms with Gasteiger partial charge in [-0.05, 0) is 45.3 Å². The Kier molecular flexibility index (Phi) is 5.79. The van der Waals surface area contributed by atoms with E-state index >= 15 is 0 Å². The highest BCUT2D eigenvalue weighted by Gasteiger charge is 2.13. The first-order valence-electron chi connectivity index (χ1n) is 7.16. The minimum atomic E-state index is 0.175. The van der Waals surface area contributed by atoms with E-state index in [1.165, 1.54) is 43.7 Å². The summed E-state index contributed by atoms with van der Waals surface area (Å²) in [4.78, 5) is 20.3. The molecule has 0 N–H and O–H groups in total. The van der Waals surface area contributed by atoms with Crippen molar-refractivity contribution in [3.8, 4) is 0 Å². The van der Waals surface area contributed by atoms with Crippen LogP contribution in [0.25, 0.3) is 0 Å². The fraction of sp³-hybridized carbons (Fsp3) is 0.714. The van der Waals surface area contributed by atoms with Crippen LogP contribution in [0.2, 0.25) is 0 Å². The van der Waals surface area contributed by atoms with Crippen LogP contribution < -0.4 is 4.90 Å². The van der Waals surface area contributed by atoms with Crippen molar-refractivity contribution in [1.29, 1.82) is 0 Å². The molecule has 0 unspecified atom stereocenters. The molecule has 0 aromatic carbocycles. The van der Waals surface area contributed by atoms with Crippen LogP contribution in [-0.2, 0) is 4.79 Å². The monoisotopic (exact) mass is 281 g/mol. The van der Waals surface area contributed by atoms with Gasteiger partial charge in [0.2, 0.25) is 5.91 Å². The van der Waals surface area contributed by atoms with Gasteiger partial charge < -0.3 is 4.90 Å². The lowest BCUT2D eigenvalue weighted by Crippen LogP contribution is -2.31. The SMILES string of the molecule is CN(C(=O)CCCCN1CCCCC1)c1nccs1. The number of unbranched alkanes of at least 4 members (excludes halogenated alkanes) is 1. The maximum Gasteiger partial charge on any atom is 0.228 e. The van der Waals surface area contributed by atoms with Gasteiger partial charge in [0.25, 0.3) is 0 Å².